The Morgan fingerprint density at radius 1 is 1.00 bits per heavy atom. The molecule has 1 fully saturated rings. The van der Waals surface area contributed by atoms with Gasteiger partial charge in [-0.25, -0.2) is 18.8 Å². The number of carbonyl (C=O) groups excluding carboxylic acids is 2. The van der Waals surface area contributed by atoms with Crippen molar-refractivity contribution in [3.05, 3.63) is 88.7 Å². The number of nitrogens with one attached hydrogen (secondary N) is 1. The molecule has 1 unspecified atom stereocenters. The van der Waals surface area contributed by atoms with E-state index in [1.54, 1.807) is 54.9 Å². The number of amides is 2. The highest BCUT2D eigenvalue weighted by molar-refractivity contribution is 6.03. The number of carbonyl (C=O) groups is 2. The van der Waals surface area contributed by atoms with Crippen LogP contribution >= 0.6 is 0 Å². The van der Waals surface area contributed by atoms with Crippen molar-refractivity contribution in [2.45, 2.75) is 32.7 Å². The second-order valence-electron chi connectivity index (χ2n) is 11.3. The quantitative estimate of drug-likeness (QED) is 0.211. The van der Waals surface area contributed by atoms with Crippen LogP contribution in [0.15, 0.2) is 71.5 Å². The number of anilines is 2. The summed E-state index contributed by atoms with van der Waals surface area (Å²) in [5.41, 5.74) is 1.04. The molecule has 2 amide bonds. The molecule has 1 aliphatic heterocycles. The van der Waals surface area contributed by atoms with Gasteiger partial charge in [0.1, 0.15) is 17.3 Å². The molecule has 1 N–H and O–H groups in total. The first kappa shape index (κ1) is 34.2. The van der Waals surface area contributed by atoms with Crippen molar-refractivity contribution >= 4 is 34.3 Å². The van der Waals surface area contributed by atoms with Gasteiger partial charge in [-0.2, -0.15) is 0 Å². The number of urea groups is 1. The lowest BCUT2D eigenvalue weighted by Crippen LogP contribution is -2.56. The molecule has 5 rings (SSSR count). The molecular weight excluding hydrogens is 619 g/mol. The molecule has 0 aliphatic carbocycles. The van der Waals surface area contributed by atoms with Crippen LogP contribution in [0.2, 0.25) is 0 Å². The summed E-state index contributed by atoms with van der Waals surface area (Å²) >= 11 is 0. The Bertz CT molecular complexity index is 1790. The molecule has 48 heavy (non-hydrogen) atoms. The van der Waals surface area contributed by atoms with Crippen molar-refractivity contribution in [2.75, 3.05) is 68.8 Å². The smallest absolute Gasteiger partial charge is 0.327 e. The lowest BCUT2D eigenvalue weighted by molar-refractivity contribution is -0.143. The maximum Gasteiger partial charge on any atom is 0.327 e. The molecule has 0 radical (unpaired) electrons. The number of esters is 1. The fraction of sp³-hybridized carbons (Fsp3) is 0.371. The van der Waals surface area contributed by atoms with E-state index in [1.165, 1.54) is 43.4 Å². The van der Waals surface area contributed by atoms with E-state index < -0.39 is 17.9 Å². The van der Waals surface area contributed by atoms with E-state index in [2.05, 4.69) is 10.2 Å². The molecule has 0 saturated carbocycles. The van der Waals surface area contributed by atoms with Gasteiger partial charge in [0.25, 0.3) is 5.56 Å². The third-order valence-electron chi connectivity index (χ3n) is 8.29. The highest BCUT2D eigenvalue weighted by Crippen LogP contribution is 2.37. The lowest BCUT2D eigenvalue weighted by atomic mass is 10.1. The van der Waals surface area contributed by atoms with Crippen molar-refractivity contribution < 1.29 is 28.2 Å². The Hall–Kier alpha value is -5.17. The first-order chi connectivity index (χ1) is 23.2. The van der Waals surface area contributed by atoms with E-state index in [4.69, 9.17) is 19.2 Å². The van der Waals surface area contributed by atoms with Gasteiger partial charge in [-0.3, -0.25) is 19.4 Å². The molecule has 1 aliphatic rings. The van der Waals surface area contributed by atoms with Crippen molar-refractivity contribution in [3.8, 4) is 11.5 Å². The molecule has 1 saturated heterocycles. The summed E-state index contributed by atoms with van der Waals surface area (Å²) in [4.78, 5) is 48.9. The highest BCUT2D eigenvalue weighted by atomic mass is 19.1. The van der Waals surface area contributed by atoms with Crippen molar-refractivity contribution in [1.82, 2.24) is 14.6 Å². The molecule has 0 bridgehead atoms. The zero-order valence-corrected chi connectivity index (χ0v) is 27.6. The van der Waals surface area contributed by atoms with Crippen LogP contribution in [0.1, 0.15) is 38.6 Å². The first-order valence-electron chi connectivity index (χ1n) is 16.0. The van der Waals surface area contributed by atoms with Crippen molar-refractivity contribution in [3.63, 3.8) is 0 Å². The van der Waals surface area contributed by atoms with Gasteiger partial charge in [0, 0.05) is 44.4 Å². The van der Waals surface area contributed by atoms with Crippen LogP contribution in [0, 0.1) is 5.82 Å². The number of aromatic nitrogens is 2. The van der Waals surface area contributed by atoms with E-state index in [0.717, 1.165) is 6.54 Å². The molecule has 0 spiro atoms. The van der Waals surface area contributed by atoms with Crippen LogP contribution in [-0.4, -0.2) is 80.1 Å². The van der Waals surface area contributed by atoms with E-state index in [0.29, 0.717) is 85.2 Å². The van der Waals surface area contributed by atoms with Gasteiger partial charge < -0.3 is 24.5 Å². The Morgan fingerprint density at radius 3 is 2.42 bits per heavy atom. The number of para-hydroxylation sites is 1. The summed E-state index contributed by atoms with van der Waals surface area (Å²) in [6, 6.07) is 16.3. The summed E-state index contributed by atoms with van der Waals surface area (Å²) < 4.78 is 31.4. The van der Waals surface area contributed by atoms with E-state index in [9.17, 15) is 18.8 Å². The summed E-state index contributed by atoms with van der Waals surface area (Å²) in [6.07, 6.45) is 1.04. The predicted molar refractivity (Wildman–Crippen MR) is 182 cm³/mol. The molecule has 254 valence electrons. The topological polar surface area (TPSA) is 118 Å². The minimum atomic E-state index is -0.798. The van der Waals surface area contributed by atoms with Crippen LogP contribution in [0.5, 0.6) is 11.5 Å². The van der Waals surface area contributed by atoms with Gasteiger partial charge in [-0.1, -0.05) is 12.1 Å². The number of fused-ring (bicyclic) bond motifs is 1. The number of ether oxygens (including phenoxy) is 3. The number of methoxy groups -OCH3 is 2. The number of hydrogen-bond acceptors (Lipinski definition) is 9. The number of rotatable bonds is 12. The van der Waals surface area contributed by atoms with Crippen LogP contribution in [0.4, 0.5) is 20.6 Å². The molecule has 3 aromatic carbocycles. The first-order valence-corrected chi connectivity index (χ1v) is 16.0. The second-order valence-corrected chi connectivity index (χ2v) is 11.3. The summed E-state index contributed by atoms with van der Waals surface area (Å²) in [5.74, 6) is 0.606. The average molecular weight is 661 g/mol. The van der Waals surface area contributed by atoms with Gasteiger partial charge in [-0.05, 0) is 75.3 Å². The number of hydrogen-bond donors (Lipinski definition) is 1. The standard InChI is InChI=1S/C35H41FN6O6/c1-5-48-32(43)11-8-18-39-19-21-40(22-20-39)42-33(38-29-10-7-6-9-28(29)34(42)44)24(2)41(30-17-16-27(46-3)23-31(30)47-4)35(45)37-26-14-12-25(36)13-15-26/h6-7,9-10,12-17,23-24H,5,8,11,18-22H2,1-4H3,(H,37,45). The van der Waals surface area contributed by atoms with Crippen molar-refractivity contribution in [1.29, 1.82) is 0 Å². The van der Waals surface area contributed by atoms with Crippen LogP contribution in [0.25, 0.3) is 10.9 Å². The van der Waals surface area contributed by atoms with Gasteiger partial charge >= 0.3 is 12.0 Å². The summed E-state index contributed by atoms with van der Waals surface area (Å²) in [5, 5.41) is 5.26. The molecule has 13 heteroatoms. The maximum atomic E-state index is 14.2. The van der Waals surface area contributed by atoms with E-state index in [-0.39, 0.29) is 11.5 Å². The Kier molecular flexibility index (Phi) is 11.1. The second kappa shape index (κ2) is 15.6. The normalized spacial score (nSPS) is 14.0. The zero-order valence-electron chi connectivity index (χ0n) is 27.6. The molecule has 4 aromatic rings. The van der Waals surface area contributed by atoms with Crippen LogP contribution in [-0.2, 0) is 9.53 Å². The zero-order chi connectivity index (χ0) is 34.2. The molecule has 2 heterocycles. The average Bonchev–Trinajstić information content (AvgIpc) is 3.10. The minimum Gasteiger partial charge on any atom is -0.497 e. The Morgan fingerprint density at radius 2 is 1.73 bits per heavy atom. The van der Waals surface area contributed by atoms with Gasteiger partial charge in [-0.15, -0.1) is 0 Å². The molecule has 1 atom stereocenters. The highest BCUT2D eigenvalue weighted by Gasteiger charge is 2.32. The number of piperazine rings is 1. The van der Waals surface area contributed by atoms with Crippen LogP contribution < -0.4 is 30.3 Å². The van der Waals surface area contributed by atoms with Gasteiger partial charge in [0.05, 0.1) is 43.5 Å². The largest absolute Gasteiger partial charge is 0.497 e. The fourth-order valence-corrected chi connectivity index (χ4v) is 5.84. The summed E-state index contributed by atoms with van der Waals surface area (Å²) in [7, 11) is 3.03. The fourth-order valence-electron chi connectivity index (χ4n) is 5.84. The molecule has 12 nitrogen and oxygen atoms in total. The minimum absolute atomic E-state index is 0.204. The summed E-state index contributed by atoms with van der Waals surface area (Å²) in [6.45, 7) is 7.05. The number of benzene rings is 3. The lowest BCUT2D eigenvalue weighted by Gasteiger charge is -2.39. The third kappa shape index (κ3) is 7.68. The SMILES string of the molecule is CCOC(=O)CCCN1CCN(n2c(C(C)N(C(=O)Nc3ccc(F)cc3)c3ccc(OC)cc3OC)nc3ccccc3c2=O)CC1. The van der Waals surface area contributed by atoms with Gasteiger partial charge in [0.15, 0.2) is 5.82 Å². The van der Waals surface area contributed by atoms with Gasteiger partial charge in [0.2, 0.25) is 0 Å². The van der Waals surface area contributed by atoms with E-state index >= 15 is 0 Å². The van der Waals surface area contributed by atoms with Crippen molar-refractivity contribution in [2.24, 2.45) is 0 Å². The Balaban J connectivity index is 1.52. The maximum absolute atomic E-state index is 14.2. The Labute approximate surface area is 278 Å². The number of nitrogens with zero attached hydrogens (tertiary/aromatic N) is 5. The monoisotopic (exact) mass is 660 g/mol. The molecular formula is C35H41FN6O6. The third-order valence-corrected chi connectivity index (χ3v) is 8.29. The predicted octanol–water partition coefficient (Wildman–Crippen LogP) is 4.95. The van der Waals surface area contributed by atoms with Crippen LogP contribution in [0.3, 0.4) is 0 Å². The number of halogens is 1. The van der Waals surface area contributed by atoms with E-state index in [1.807, 2.05) is 11.1 Å². The molecule has 1 aromatic heterocycles.